The van der Waals surface area contributed by atoms with Crippen LogP contribution in [-0.4, -0.2) is 11.6 Å². The lowest BCUT2D eigenvalue weighted by Crippen LogP contribution is -2.29. The summed E-state index contributed by atoms with van der Waals surface area (Å²) in [4.78, 5) is 4.68. The topological polar surface area (TPSA) is 48.1 Å². The van der Waals surface area contributed by atoms with Crippen molar-refractivity contribution in [2.75, 3.05) is 6.61 Å². The summed E-state index contributed by atoms with van der Waals surface area (Å²) in [6.07, 6.45) is 0. The third-order valence-corrected chi connectivity index (χ3v) is 3.22. The highest BCUT2D eigenvalue weighted by atomic mass is 16.5. The summed E-state index contributed by atoms with van der Waals surface area (Å²) in [6.45, 7) is 8.63. The lowest BCUT2D eigenvalue weighted by Gasteiger charge is -2.21. The van der Waals surface area contributed by atoms with Crippen LogP contribution >= 0.6 is 0 Å². The van der Waals surface area contributed by atoms with Gasteiger partial charge in [-0.15, -0.1) is 0 Å². The number of hydrogen-bond donors (Lipinski definition) is 1. The molecule has 0 aliphatic carbocycles. The van der Waals surface area contributed by atoms with E-state index in [0.717, 1.165) is 28.3 Å². The van der Waals surface area contributed by atoms with Gasteiger partial charge in [-0.05, 0) is 51.5 Å². The summed E-state index contributed by atoms with van der Waals surface area (Å²) in [6, 6.07) is 12.1. The number of pyridine rings is 1. The number of nitrogens with two attached hydrogens (primary N) is 1. The summed E-state index contributed by atoms with van der Waals surface area (Å²) in [7, 11) is 0. The smallest absolute Gasteiger partial charge is 0.119 e. The molecule has 0 unspecified atom stereocenters. The van der Waals surface area contributed by atoms with Gasteiger partial charge in [0.15, 0.2) is 0 Å². The van der Waals surface area contributed by atoms with Crippen molar-refractivity contribution in [2.24, 2.45) is 5.73 Å². The number of hydrogen-bond acceptors (Lipinski definition) is 3. The molecule has 2 rings (SSSR count). The molecule has 1 aromatic heterocycles. The van der Waals surface area contributed by atoms with Crippen molar-refractivity contribution in [1.29, 1.82) is 0 Å². The van der Waals surface area contributed by atoms with Crippen molar-refractivity contribution < 1.29 is 4.74 Å². The van der Waals surface area contributed by atoms with Gasteiger partial charge in [-0.25, -0.2) is 0 Å². The second-order valence-electron chi connectivity index (χ2n) is 5.51. The van der Waals surface area contributed by atoms with Gasteiger partial charge in [0, 0.05) is 16.8 Å². The molecule has 3 nitrogen and oxygen atoms in total. The largest absolute Gasteiger partial charge is 0.494 e. The molecule has 0 saturated heterocycles. The van der Waals surface area contributed by atoms with Crippen molar-refractivity contribution >= 4 is 0 Å². The fourth-order valence-electron chi connectivity index (χ4n) is 2.31. The molecule has 0 bridgehead atoms. The molecular weight excluding hydrogens is 248 g/mol. The number of aryl methyl sites for hydroxylation is 1. The third kappa shape index (κ3) is 3.17. The highest BCUT2D eigenvalue weighted by molar-refractivity contribution is 5.61. The minimum Gasteiger partial charge on any atom is -0.494 e. The zero-order chi connectivity index (χ0) is 14.8. The highest BCUT2D eigenvalue weighted by Gasteiger charge is 2.17. The Bertz CT molecular complexity index is 600. The molecule has 0 aliphatic rings. The quantitative estimate of drug-likeness (QED) is 0.922. The molecule has 1 heterocycles. The van der Waals surface area contributed by atoms with E-state index in [2.05, 4.69) is 11.1 Å². The van der Waals surface area contributed by atoms with Gasteiger partial charge in [0.1, 0.15) is 5.75 Å². The summed E-state index contributed by atoms with van der Waals surface area (Å²) in [5.74, 6) is 0.868. The molecule has 0 atom stereocenters. The maximum Gasteiger partial charge on any atom is 0.119 e. The van der Waals surface area contributed by atoms with Crippen LogP contribution in [0.2, 0.25) is 0 Å². The Kier molecular flexibility index (Phi) is 4.09. The third-order valence-electron chi connectivity index (χ3n) is 3.22. The van der Waals surface area contributed by atoms with Crippen LogP contribution in [0.25, 0.3) is 11.3 Å². The molecule has 0 amide bonds. The van der Waals surface area contributed by atoms with E-state index in [4.69, 9.17) is 10.5 Å². The Morgan fingerprint density at radius 2 is 1.95 bits per heavy atom. The first-order valence-corrected chi connectivity index (χ1v) is 6.92. The molecule has 0 fully saturated rings. The summed E-state index contributed by atoms with van der Waals surface area (Å²) >= 11 is 0. The maximum absolute atomic E-state index is 6.15. The molecule has 1 aromatic carbocycles. The van der Waals surface area contributed by atoms with Crippen molar-refractivity contribution in [3.05, 3.63) is 47.7 Å². The lowest BCUT2D eigenvalue weighted by molar-refractivity contribution is 0.340. The molecule has 106 valence electrons. The van der Waals surface area contributed by atoms with Gasteiger partial charge in [-0.2, -0.15) is 0 Å². The van der Waals surface area contributed by atoms with E-state index in [9.17, 15) is 0 Å². The molecule has 20 heavy (non-hydrogen) atoms. The molecule has 0 saturated carbocycles. The second kappa shape index (κ2) is 5.63. The number of nitrogens with zero attached hydrogens (tertiary/aromatic N) is 1. The second-order valence-corrected chi connectivity index (χ2v) is 5.51. The minimum absolute atomic E-state index is 0.372. The van der Waals surface area contributed by atoms with E-state index < -0.39 is 0 Å². The van der Waals surface area contributed by atoms with Crippen molar-refractivity contribution in [3.8, 4) is 17.0 Å². The normalized spacial score (nSPS) is 11.4. The van der Waals surface area contributed by atoms with Crippen molar-refractivity contribution in [1.82, 2.24) is 4.98 Å². The van der Waals surface area contributed by atoms with Gasteiger partial charge in [0.2, 0.25) is 0 Å². The van der Waals surface area contributed by atoms with Gasteiger partial charge >= 0.3 is 0 Å². The molecule has 0 spiro atoms. The van der Waals surface area contributed by atoms with E-state index >= 15 is 0 Å². The standard InChI is InChI=1S/C17H22N2O/c1-5-20-14-8-6-7-13(11-14)16-10-9-15(12(2)19-16)17(3,4)18/h6-11H,5,18H2,1-4H3. The molecule has 2 N–H and O–H groups in total. The Labute approximate surface area is 120 Å². The molecule has 0 aliphatic heterocycles. The van der Waals surface area contributed by atoms with Gasteiger partial charge < -0.3 is 10.5 Å². The number of ether oxygens (including phenoxy) is 1. The van der Waals surface area contributed by atoms with Crippen molar-refractivity contribution in [3.63, 3.8) is 0 Å². The van der Waals surface area contributed by atoms with Gasteiger partial charge in [-0.3, -0.25) is 4.98 Å². The lowest BCUT2D eigenvalue weighted by atomic mass is 9.93. The monoisotopic (exact) mass is 270 g/mol. The molecule has 3 heteroatoms. The maximum atomic E-state index is 6.15. The molecular formula is C17H22N2O. The minimum atomic E-state index is -0.372. The zero-order valence-corrected chi connectivity index (χ0v) is 12.6. The van der Waals surface area contributed by atoms with Crippen LogP contribution in [0.1, 0.15) is 32.0 Å². The van der Waals surface area contributed by atoms with Crippen LogP contribution < -0.4 is 10.5 Å². The van der Waals surface area contributed by atoms with Gasteiger partial charge in [0.05, 0.1) is 12.3 Å². The van der Waals surface area contributed by atoms with Crippen molar-refractivity contribution in [2.45, 2.75) is 33.2 Å². The van der Waals surface area contributed by atoms with Crippen LogP contribution in [0.5, 0.6) is 5.75 Å². The van der Waals surface area contributed by atoms with Gasteiger partial charge in [-0.1, -0.05) is 18.2 Å². The van der Waals surface area contributed by atoms with Gasteiger partial charge in [0.25, 0.3) is 0 Å². The zero-order valence-electron chi connectivity index (χ0n) is 12.6. The van der Waals surface area contributed by atoms with E-state index in [1.807, 2.05) is 58.0 Å². The Hall–Kier alpha value is -1.87. The summed E-state index contributed by atoms with van der Waals surface area (Å²) in [5, 5.41) is 0. The predicted octanol–water partition coefficient (Wildman–Crippen LogP) is 3.65. The Morgan fingerprint density at radius 3 is 2.55 bits per heavy atom. The first-order chi connectivity index (χ1) is 9.41. The molecule has 0 radical (unpaired) electrons. The van der Waals surface area contributed by atoms with E-state index in [1.165, 1.54) is 0 Å². The number of benzene rings is 1. The summed E-state index contributed by atoms with van der Waals surface area (Å²) < 4.78 is 5.53. The average Bonchev–Trinajstić information content (AvgIpc) is 2.38. The Morgan fingerprint density at radius 1 is 1.20 bits per heavy atom. The number of rotatable bonds is 4. The van der Waals surface area contributed by atoms with Crippen LogP contribution in [-0.2, 0) is 5.54 Å². The van der Waals surface area contributed by atoms with E-state index in [0.29, 0.717) is 6.61 Å². The van der Waals surface area contributed by atoms with Crippen LogP contribution in [0.4, 0.5) is 0 Å². The fourth-order valence-corrected chi connectivity index (χ4v) is 2.31. The predicted molar refractivity (Wildman–Crippen MR) is 82.8 cm³/mol. The highest BCUT2D eigenvalue weighted by Crippen LogP contribution is 2.26. The Balaban J connectivity index is 2.39. The average molecular weight is 270 g/mol. The van der Waals surface area contributed by atoms with Crippen LogP contribution in [0.15, 0.2) is 36.4 Å². The first kappa shape index (κ1) is 14.5. The van der Waals surface area contributed by atoms with E-state index in [1.54, 1.807) is 0 Å². The first-order valence-electron chi connectivity index (χ1n) is 6.92. The van der Waals surface area contributed by atoms with E-state index in [-0.39, 0.29) is 5.54 Å². The SMILES string of the molecule is CCOc1cccc(-c2ccc(C(C)(C)N)c(C)n2)c1. The van der Waals surface area contributed by atoms with Crippen LogP contribution in [0, 0.1) is 6.92 Å². The summed E-state index contributed by atoms with van der Waals surface area (Å²) in [5.41, 5.74) is 9.82. The number of aromatic nitrogens is 1. The fraction of sp³-hybridized carbons (Fsp3) is 0.353. The van der Waals surface area contributed by atoms with Crippen LogP contribution in [0.3, 0.4) is 0 Å². The molecule has 2 aromatic rings.